The first-order valence-corrected chi connectivity index (χ1v) is 7.69. The second-order valence-corrected chi connectivity index (χ2v) is 5.67. The zero-order valence-corrected chi connectivity index (χ0v) is 14.1. The van der Waals surface area contributed by atoms with Crippen molar-refractivity contribution in [3.8, 4) is 17.2 Å². The Labute approximate surface area is 148 Å². The molecule has 0 atom stereocenters. The molecular formula is C17H12Cl2N2O3. The van der Waals surface area contributed by atoms with Gasteiger partial charge in [0.15, 0.2) is 5.69 Å². The largest absolute Gasteiger partial charge is 0.497 e. The summed E-state index contributed by atoms with van der Waals surface area (Å²) in [5.41, 5.74) is 1.38. The second-order valence-electron chi connectivity index (χ2n) is 4.85. The Hall–Kier alpha value is -2.50. The Morgan fingerprint density at radius 1 is 1.17 bits per heavy atom. The summed E-state index contributed by atoms with van der Waals surface area (Å²) < 4.78 is 10.5. The zero-order valence-electron chi connectivity index (χ0n) is 12.5. The van der Waals surface area contributed by atoms with Gasteiger partial charge in [-0.15, -0.1) is 0 Å². The van der Waals surface area contributed by atoms with E-state index in [-0.39, 0.29) is 11.6 Å². The minimum Gasteiger partial charge on any atom is -0.497 e. The van der Waals surface area contributed by atoms with Crippen LogP contribution in [0.25, 0.3) is 11.5 Å². The number of nitrogens with one attached hydrogen (secondary N) is 1. The number of benzene rings is 2. The summed E-state index contributed by atoms with van der Waals surface area (Å²) in [6, 6.07) is 12.0. The number of amides is 1. The van der Waals surface area contributed by atoms with Crippen LogP contribution in [0.15, 0.2) is 53.1 Å². The van der Waals surface area contributed by atoms with Gasteiger partial charge < -0.3 is 14.5 Å². The normalized spacial score (nSPS) is 10.5. The van der Waals surface area contributed by atoms with Crippen molar-refractivity contribution >= 4 is 34.8 Å². The van der Waals surface area contributed by atoms with Gasteiger partial charge in [0.05, 0.1) is 17.2 Å². The van der Waals surface area contributed by atoms with Gasteiger partial charge >= 0.3 is 0 Å². The summed E-state index contributed by atoms with van der Waals surface area (Å²) >= 11 is 11.9. The van der Waals surface area contributed by atoms with E-state index in [1.807, 2.05) is 0 Å². The first-order valence-electron chi connectivity index (χ1n) is 6.93. The van der Waals surface area contributed by atoms with Crippen LogP contribution < -0.4 is 10.1 Å². The lowest BCUT2D eigenvalue weighted by Crippen LogP contribution is -2.12. The van der Waals surface area contributed by atoms with Crippen molar-refractivity contribution in [1.82, 2.24) is 4.98 Å². The smallest absolute Gasteiger partial charge is 0.277 e. The van der Waals surface area contributed by atoms with Crippen LogP contribution >= 0.6 is 23.2 Å². The highest BCUT2D eigenvalue weighted by Crippen LogP contribution is 2.28. The van der Waals surface area contributed by atoms with E-state index in [0.717, 1.165) is 0 Å². The van der Waals surface area contributed by atoms with Gasteiger partial charge in [0.1, 0.15) is 12.0 Å². The van der Waals surface area contributed by atoms with Crippen LogP contribution in [-0.2, 0) is 0 Å². The van der Waals surface area contributed by atoms with Crippen LogP contribution in [0, 0.1) is 0 Å². The first-order chi connectivity index (χ1) is 11.6. The van der Waals surface area contributed by atoms with E-state index < -0.39 is 5.91 Å². The molecule has 24 heavy (non-hydrogen) atoms. The predicted molar refractivity (Wildman–Crippen MR) is 92.9 cm³/mol. The van der Waals surface area contributed by atoms with Gasteiger partial charge in [0.25, 0.3) is 5.91 Å². The molecule has 0 aliphatic heterocycles. The van der Waals surface area contributed by atoms with Crippen LogP contribution in [0.3, 0.4) is 0 Å². The highest BCUT2D eigenvalue weighted by atomic mass is 35.5. The number of hydrogen-bond acceptors (Lipinski definition) is 4. The molecule has 0 spiro atoms. The van der Waals surface area contributed by atoms with Crippen molar-refractivity contribution < 1.29 is 13.9 Å². The number of halogens is 2. The molecular weight excluding hydrogens is 351 g/mol. The standard InChI is InChI=1S/C17H12Cl2N2O3/c1-23-12-4-2-3-11(8-12)20-16(22)15-9-24-17(21-15)10-5-6-13(18)14(19)7-10/h2-9H,1H3,(H,20,22). The van der Waals surface area contributed by atoms with E-state index in [0.29, 0.717) is 27.0 Å². The summed E-state index contributed by atoms with van der Waals surface area (Å²) in [6.07, 6.45) is 1.29. The molecule has 0 saturated carbocycles. The molecule has 0 aliphatic rings. The van der Waals surface area contributed by atoms with Gasteiger partial charge in [0.2, 0.25) is 5.89 Å². The fourth-order valence-corrected chi connectivity index (χ4v) is 2.33. The summed E-state index contributed by atoms with van der Waals surface area (Å²) in [4.78, 5) is 16.4. The maximum atomic E-state index is 12.3. The molecule has 1 heterocycles. The van der Waals surface area contributed by atoms with E-state index >= 15 is 0 Å². The number of ether oxygens (including phenoxy) is 1. The lowest BCUT2D eigenvalue weighted by Gasteiger charge is -2.05. The third-order valence-electron chi connectivity index (χ3n) is 3.23. The van der Waals surface area contributed by atoms with E-state index in [9.17, 15) is 4.79 Å². The number of aromatic nitrogens is 1. The van der Waals surface area contributed by atoms with Crippen molar-refractivity contribution in [2.24, 2.45) is 0 Å². The van der Waals surface area contributed by atoms with Gasteiger partial charge in [-0.25, -0.2) is 4.98 Å². The molecule has 0 bridgehead atoms. The molecule has 122 valence electrons. The van der Waals surface area contributed by atoms with Crippen molar-refractivity contribution in [2.45, 2.75) is 0 Å². The molecule has 0 aliphatic carbocycles. The fraction of sp³-hybridized carbons (Fsp3) is 0.0588. The Kier molecular flexibility index (Phi) is 4.74. The van der Waals surface area contributed by atoms with Crippen molar-refractivity contribution in [1.29, 1.82) is 0 Å². The Bertz CT molecular complexity index is 893. The van der Waals surface area contributed by atoms with Crippen LogP contribution in [0.5, 0.6) is 5.75 Å². The van der Waals surface area contributed by atoms with E-state index in [1.54, 1.807) is 49.6 Å². The van der Waals surface area contributed by atoms with E-state index in [2.05, 4.69) is 10.3 Å². The van der Waals surface area contributed by atoms with E-state index in [4.69, 9.17) is 32.4 Å². The van der Waals surface area contributed by atoms with Gasteiger partial charge in [0, 0.05) is 17.3 Å². The average molecular weight is 363 g/mol. The Morgan fingerprint density at radius 3 is 2.75 bits per heavy atom. The monoisotopic (exact) mass is 362 g/mol. The van der Waals surface area contributed by atoms with Crippen LogP contribution in [-0.4, -0.2) is 18.0 Å². The molecule has 1 aromatic heterocycles. The third-order valence-corrected chi connectivity index (χ3v) is 3.97. The minimum absolute atomic E-state index is 0.152. The lowest BCUT2D eigenvalue weighted by molar-refractivity contribution is 0.102. The topological polar surface area (TPSA) is 64.4 Å². The van der Waals surface area contributed by atoms with Crippen molar-refractivity contribution in [3.05, 3.63) is 64.5 Å². The number of oxazole rings is 1. The molecule has 3 rings (SSSR count). The quantitative estimate of drug-likeness (QED) is 0.715. The molecule has 5 nitrogen and oxygen atoms in total. The third kappa shape index (κ3) is 3.53. The lowest BCUT2D eigenvalue weighted by atomic mass is 10.2. The number of carbonyl (C=O) groups excluding carboxylic acids is 1. The van der Waals surface area contributed by atoms with Gasteiger partial charge in [-0.05, 0) is 30.3 Å². The molecule has 3 aromatic rings. The molecule has 7 heteroatoms. The second kappa shape index (κ2) is 6.95. The number of nitrogens with zero attached hydrogens (tertiary/aromatic N) is 1. The first kappa shape index (κ1) is 16.4. The van der Waals surface area contributed by atoms with Gasteiger partial charge in [-0.2, -0.15) is 0 Å². The molecule has 1 amide bonds. The molecule has 0 unspecified atom stereocenters. The minimum atomic E-state index is -0.390. The SMILES string of the molecule is COc1cccc(NC(=O)c2coc(-c3ccc(Cl)c(Cl)c3)n2)c1. The molecule has 2 aromatic carbocycles. The maximum absolute atomic E-state index is 12.3. The maximum Gasteiger partial charge on any atom is 0.277 e. The molecule has 0 fully saturated rings. The Balaban J connectivity index is 1.79. The summed E-state index contributed by atoms with van der Waals surface area (Å²) in [6.45, 7) is 0. The summed E-state index contributed by atoms with van der Waals surface area (Å²) in [5.74, 6) is 0.534. The molecule has 0 saturated heterocycles. The highest BCUT2D eigenvalue weighted by molar-refractivity contribution is 6.42. The van der Waals surface area contributed by atoms with Crippen molar-refractivity contribution in [3.63, 3.8) is 0 Å². The highest BCUT2D eigenvalue weighted by Gasteiger charge is 2.14. The number of hydrogen-bond donors (Lipinski definition) is 1. The fourth-order valence-electron chi connectivity index (χ4n) is 2.04. The van der Waals surface area contributed by atoms with Crippen LogP contribution in [0.2, 0.25) is 10.0 Å². The number of rotatable bonds is 4. The zero-order chi connectivity index (χ0) is 17.1. The average Bonchev–Trinajstić information content (AvgIpc) is 3.08. The number of anilines is 1. The summed E-state index contributed by atoms with van der Waals surface area (Å²) in [5, 5.41) is 3.55. The Morgan fingerprint density at radius 2 is 2.00 bits per heavy atom. The summed E-state index contributed by atoms with van der Waals surface area (Å²) in [7, 11) is 1.56. The molecule has 0 radical (unpaired) electrons. The van der Waals surface area contributed by atoms with Crippen LogP contribution in [0.1, 0.15) is 10.5 Å². The van der Waals surface area contributed by atoms with Gasteiger partial charge in [-0.3, -0.25) is 4.79 Å². The van der Waals surface area contributed by atoms with Crippen molar-refractivity contribution in [2.75, 3.05) is 12.4 Å². The number of carbonyl (C=O) groups is 1. The van der Waals surface area contributed by atoms with Gasteiger partial charge in [-0.1, -0.05) is 29.3 Å². The van der Waals surface area contributed by atoms with Crippen LogP contribution in [0.4, 0.5) is 5.69 Å². The number of methoxy groups -OCH3 is 1. The van der Waals surface area contributed by atoms with E-state index in [1.165, 1.54) is 6.26 Å². The predicted octanol–water partition coefficient (Wildman–Crippen LogP) is 4.91. The molecule has 1 N–H and O–H groups in total.